The third-order valence-electron chi connectivity index (χ3n) is 3.99. The summed E-state index contributed by atoms with van der Waals surface area (Å²) < 4.78 is 5.02. The van der Waals surface area contributed by atoms with Gasteiger partial charge in [-0.25, -0.2) is 0 Å². The van der Waals surface area contributed by atoms with Gasteiger partial charge in [-0.05, 0) is 33.6 Å². The first-order chi connectivity index (χ1) is 8.24. The van der Waals surface area contributed by atoms with Crippen LogP contribution in [0, 0.1) is 5.41 Å². The van der Waals surface area contributed by atoms with Gasteiger partial charge in [0.15, 0.2) is 0 Å². The Balaban J connectivity index is 2.76. The van der Waals surface area contributed by atoms with Gasteiger partial charge in [-0.2, -0.15) is 0 Å². The molecule has 0 aromatic carbocycles. The topological polar surface area (TPSA) is 66.8 Å². The fourth-order valence-electron chi connectivity index (χ4n) is 2.32. The van der Waals surface area contributed by atoms with Crippen LogP contribution in [0.2, 0.25) is 0 Å². The van der Waals surface area contributed by atoms with Crippen LogP contribution in [0.3, 0.4) is 0 Å². The molecule has 0 atom stereocenters. The van der Waals surface area contributed by atoms with E-state index < -0.39 is 11.0 Å². The summed E-state index contributed by atoms with van der Waals surface area (Å²) in [4.78, 5) is 24.9. The zero-order valence-corrected chi connectivity index (χ0v) is 11.7. The number of carbonyl (C=O) groups is 2. The second-order valence-corrected chi connectivity index (χ2v) is 5.38. The number of carbonyl (C=O) groups excluding carboxylic acids is 2. The van der Waals surface area contributed by atoms with Crippen LogP contribution < -0.4 is 0 Å². The summed E-state index contributed by atoms with van der Waals surface area (Å²) in [6.45, 7) is 7.93. The second kappa shape index (κ2) is 5.26. The molecule has 0 aliphatic carbocycles. The summed E-state index contributed by atoms with van der Waals surface area (Å²) in [6.07, 6.45) is 0.802. The first-order valence-corrected chi connectivity index (χ1v) is 6.39. The maximum absolute atomic E-state index is 11.9. The maximum atomic E-state index is 11.9. The quantitative estimate of drug-likeness (QED) is 0.764. The third kappa shape index (κ3) is 2.66. The van der Waals surface area contributed by atoms with Gasteiger partial charge >= 0.3 is 5.97 Å². The Morgan fingerprint density at radius 2 is 1.83 bits per heavy atom. The van der Waals surface area contributed by atoms with Gasteiger partial charge in [0.1, 0.15) is 0 Å². The number of aliphatic hydroxyl groups is 1. The highest BCUT2D eigenvalue weighted by Crippen LogP contribution is 2.40. The van der Waals surface area contributed by atoms with E-state index in [1.165, 1.54) is 6.92 Å². The molecule has 1 aliphatic rings. The zero-order chi connectivity index (χ0) is 14.0. The monoisotopic (exact) mass is 257 g/mol. The Hall–Kier alpha value is -1.10. The van der Waals surface area contributed by atoms with Crippen LogP contribution in [0.5, 0.6) is 0 Å². The molecule has 104 valence electrons. The predicted octanol–water partition coefficient (Wildman–Crippen LogP) is 0.949. The zero-order valence-electron chi connectivity index (χ0n) is 11.7. The van der Waals surface area contributed by atoms with Gasteiger partial charge in [-0.3, -0.25) is 9.59 Å². The molecule has 1 heterocycles. The fourth-order valence-corrected chi connectivity index (χ4v) is 2.32. The van der Waals surface area contributed by atoms with E-state index in [4.69, 9.17) is 4.74 Å². The number of amides is 1. The highest BCUT2D eigenvalue weighted by Gasteiger charge is 2.51. The van der Waals surface area contributed by atoms with Crippen molar-refractivity contribution in [3.8, 4) is 0 Å². The number of ether oxygens (including phenoxy) is 1. The number of rotatable bonds is 3. The molecule has 1 fully saturated rings. The number of hydrogen-bond donors (Lipinski definition) is 1. The summed E-state index contributed by atoms with van der Waals surface area (Å²) in [5, 5.41) is 10.7. The van der Waals surface area contributed by atoms with Crippen LogP contribution in [0.25, 0.3) is 0 Å². The molecule has 5 nitrogen and oxygen atoms in total. The molecule has 0 radical (unpaired) electrons. The largest absolute Gasteiger partial charge is 0.465 e. The molecule has 1 aliphatic heterocycles. The van der Waals surface area contributed by atoms with Crippen LogP contribution in [0.15, 0.2) is 0 Å². The Bertz CT molecular complexity index is 330. The lowest BCUT2D eigenvalue weighted by molar-refractivity contribution is -0.177. The lowest BCUT2D eigenvalue weighted by atomic mass is 9.69. The van der Waals surface area contributed by atoms with E-state index in [0.717, 1.165) is 0 Å². The number of likely N-dealkylation sites (tertiary alicyclic amines) is 1. The molecule has 1 amide bonds. The fraction of sp³-hybridized carbons (Fsp3) is 0.846. The van der Waals surface area contributed by atoms with Crippen LogP contribution in [-0.4, -0.2) is 47.2 Å². The average molecular weight is 257 g/mol. The number of nitrogens with zero attached hydrogens (tertiary/aromatic N) is 1. The van der Waals surface area contributed by atoms with Crippen molar-refractivity contribution in [3.63, 3.8) is 0 Å². The average Bonchev–Trinajstić information content (AvgIpc) is 2.29. The van der Waals surface area contributed by atoms with Crippen LogP contribution in [0.4, 0.5) is 0 Å². The van der Waals surface area contributed by atoms with Crippen LogP contribution >= 0.6 is 0 Å². The Labute approximate surface area is 108 Å². The van der Waals surface area contributed by atoms with E-state index in [2.05, 4.69) is 0 Å². The van der Waals surface area contributed by atoms with Gasteiger partial charge in [0.25, 0.3) is 0 Å². The van der Waals surface area contributed by atoms with E-state index >= 15 is 0 Å². The van der Waals surface area contributed by atoms with Crippen molar-refractivity contribution in [2.75, 3.05) is 19.7 Å². The van der Waals surface area contributed by atoms with Crippen molar-refractivity contribution < 1.29 is 19.4 Å². The minimum absolute atomic E-state index is 0.00555. The predicted molar refractivity (Wildman–Crippen MR) is 66.9 cm³/mol. The van der Waals surface area contributed by atoms with E-state index in [-0.39, 0.29) is 11.9 Å². The third-order valence-corrected chi connectivity index (χ3v) is 3.99. The Morgan fingerprint density at radius 3 is 2.22 bits per heavy atom. The molecule has 0 aromatic heterocycles. The van der Waals surface area contributed by atoms with E-state index in [0.29, 0.717) is 32.5 Å². The van der Waals surface area contributed by atoms with Crippen molar-refractivity contribution in [2.24, 2.45) is 5.41 Å². The van der Waals surface area contributed by atoms with Gasteiger partial charge in [-0.1, -0.05) is 0 Å². The molecule has 1 N–H and O–H groups in total. The number of piperidine rings is 1. The minimum Gasteiger partial charge on any atom is -0.465 e. The SMILES string of the molecule is CCOC(=O)C(C)(C)C1(O)CCN(C(C)=O)CC1. The van der Waals surface area contributed by atoms with E-state index in [1.54, 1.807) is 25.7 Å². The summed E-state index contributed by atoms with van der Waals surface area (Å²) in [7, 11) is 0. The summed E-state index contributed by atoms with van der Waals surface area (Å²) in [6, 6.07) is 0. The summed E-state index contributed by atoms with van der Waals surface area (Å²) in [5.74, 6) is -0.380. The molecular weight excluding hydrogens is 234 g/mol. The molecular formula is C13H23NO4. The molecule has 0 unspecified atom stereocenters. The summed E-state index contributed by atoms with van der Waals surface area (Å²) in [5.41, 5.74) is -2.06. The van der Waals surface area contributed by atoms with Gasteiger partial charge < -0.3 is 14.7 Å². The van der Waals surface area contributed by atoms with Gasteiger partial charge in [-0.15, -0.1) is 0 Å². The maximum Gasteiger partial charge on any atom is 0.314 e. The molecule has 1 rings (SSSR count). The van der Waals surface area contributed by atoms with Crippen molar-refractivity contribution in [3.05, 3.63) is 0 Å². The first kappa shape index (κ1) is 15.0. The smallest absolute Gasteiger partial charge is 0.314 e. The van der Waals surface area contributed by atoms with Crippen LogP contribution in [0.1, 0.15) is 40.5 Å². The summed E-state index contributed by atoms with van der Waals surface area (Å²) >= 11 is 0. The normalized spacial score (nSPS) is 19.5. The van der Waals surface area contributed by atoms with Crippen molar-refractivity contribution in [1.82, 2.24) is 4.90 Å². The molecule has 18 heavy (non-hydrogen) atoms. The molecule has 0 saturated carbocycles. The van der Waals surface area contributed by atoms with Gasteiger partial charge in [0.2, 0.25) is 5.91 Å². The van der Waals surface area contributed by atoms with Gasteiger partial charge in [0.05, 0.1) is 17.6 Å². The highest BCUT2D eigenvalue weighted by molar-refractivity contribution is 5.78. The Kier molecular flexibility index (Phi) is 4.37. The molecule has 5 heteroatoms. The van der Waals surface area contributed by atoms with Crippen molar-refractivity contribution >= 4 is 11.9 Å². The highest BCUT2D eigenvalue weighted by atomic mass is 16.5. The lowest BCUT2D eigenvalue weighted by Gasteiger charge is -2.45. The van der Waals surface area contributed by atoms with E-state index in [1.807, 2.05) is 0 Å². The van der Waals surface area contributed by atoms with Crippen LogP contribution in [-0.2, 0) is 14.3 Å². The second-order valence-electron chi connectivity index (χ2n) is 5.38. The number of hydrogen-bond acceptors (Lipinski definition) is 4. The lowest BCUT2D eigenvalue weighted by Crippen LogP contribution is -2.56. The van der Waals surface area contributed by atoms with Gasteiger partial charge in [0, 0.05) is 20.0 Å². The Morgan fingerprint density at radius 1 is 1.33 bits per heavy atom. The van der Waals surface area contributed by atoms with E-state index in [9.17, 15) is 14.7 Å². The molecule has 1 saturated heterocycles. The molecule has 0 spiro atoms. The van der Waals surface area contributed by atoms with Crippen molar-refractivity contribution in [1.29, 1.82) is 0 Å². The molecule has 0 bridgehead atoms. The molecule has 0 aromatic rings. The number of esters is 1. The standard InChI is InChI=1S/C13H23NO4/c1-5-18-11(16)12(3,4)13(17)6-8-14(9-7-13)10(2)15/h17H,5-9H2,1-4H3. The minimum atomic E-state index is -1.11. The van der Waals surface area contributed by atoms with Crippen molar-refractivity contribution in [2.45, 2.75) is 46.1 Å². The first-order valence-electron chi connectivity index (χ1n) is 6.39.